The molecule has 0 aromatic heterocycles. The molecule has 0 aliphatic carbocycles. The summed E-state index contributed by atoms with van der Waals surface area (Å²) in [5, 5.41) is 6.34. The van der Waals surface area contributed by atoms with E-state index in [4.69, 9.17) is 0 Å². The highest BCUT2D eigenvalue weighted by Gasteiger charge is 2.22. The van der Waals surface area contributed by atoms with Crippen molar-refractivity contribution in [1.82, 2.24) is 10.6 Å². The number of hydrogen-bond acceptors (Lipinski definition) is 2. The van der Waals surface area contributed by atoms with Crippen LogP contribution in [-0.4, -0.2) is 18.5 Å². The van der Waals surface area contributed by atoms with Gasteiger partial charge < -0.3 is 10.6 Å². The summed E-state index contributed by atoms with van der Waals surface area (Å²) in [6, 6.07) is 7.99. The number of halogens is 1. The maximum atomic E-state index is 12.1. The molecule has 1 amide bonds. The summed E-state index contributed by atoms with van der Waals surface area (Å²) >= 11 is 3.52. The predicted octanol–water partition coefficient (Wildman–Crippen LogP) is 2.77. The van der Waals surface area contributed by atoms with Crippen molar-refractivity contribution in [2.75, 3.05) is 6.54 Å². The first-order chi connectivity index (χ1) is 8.68. The van der Waals surface area contributed by atoms with Crippen LogP contribution in [0.15, 0.2) is 28.7 Å². The van der Waals surface area contributed by atoms with E-state index in [0.29, 0.717) is 0 Å². The highest BCUT2D eigenvalue weighted by molar-refractivity contribution is 9.10. The number of benzene rings is 1. The molecular formula is C14H19BrN2O. The summed E-state index contributed by atoms with van der Waals surface area (Å²) in [7, 11) is 0. The van der Waals surface area contributed by atoms with Crippen molar-refractivity contribution in [2.45, 2.75) is 38.3 Å². The summed E-state index contributed by atoms with van der Waals surface area (Å²) in [4.78, 5) is 12.1. The molecule has 0 saturated carbocycles. The molecule has 1 aromatic carbocycles. The number of carbonyl (C=O) groups is 1. The highest BCUT2D eigenvalue weighted by atomic mass is 79.9. The van der Waals surface area contributed by atoms with Crippen LogP contribution in [0.25, 0.3) is 0 Å². The molecule has 3 nitrogen and oxygen atoms in total. The third kappa shape index (κ3) is 3.33. The van der Waals surface area contributed by atoms with E-state index in [1.54, 1.807) is 0 Å². The van der Waals surface area contributed by atoms with Gasteiger partial charge in [0.05, 0.1) is 12.1 Å². The molecule has 18 heavy (non-hydrogen) atoms. The lowest BCUT2D eigenvalue weighted by Crippen LogP contribution is -2.47. The Morgan fingerprint density at radius 3 is 2.89 bits per heavy atom. The fourth-order valence-corrected chi connectivity index (χ4v) is 2.92. The molecule has 2 atom stereocenters. The Labute approximate surface area is 116 Å². The number of rotatable bonds is 3. The summed E-state index contributed by atoms with van der Waals surface area (Å²) in [6.07, 6.45) is 3.24. The minimum Gasteiger partial charge on any atom is -0.348 e. The van der Waals surface area contributed by atoms with Crippen LogP contribution in [0, 0.1) is 0 Å². The molecule has 0 bridgehead atoms. The van der Waals surface area contributed by atoms with Crippen molar-refractivity contribution >= 4 is 21.8 Å². The Kier molecular flexibility index (Phi) is 4.78. The van der Waals surface area contributed by atoms with Gasteiger partial charge in [-0.2, -0.15) is 0 Å². The second kappa shape index (κ2) is 6.34. The average molecular weight is 311 g/mol. The molecule has 0 radical (unpaired) electrons. The predicted molar refractivity (Wildman–Crippen MR) is 76.3 cm³/mol. The lowest BCUT2D eigenvalue weighted by Gasteiger charge is -2.25. The zero-order valence-corrected chi connectivity index (χ0v) is 12.2. The van der Waals surface area contributed by atoms with Gasteiger partial charge in [0, 0.05) is 4.47 Å². The largest absolute Gasteiger partial charge is 0.348 e. The maximum absolute atomic E-state index is 12.1. The van der Waals surface area contributed by atoms with Gasteiger partial charge in [0.2, 0.25) is 5.91 Å². The fourth-order valence-electron chi connectivity index (χ4n) is 2.29. The minimum atomic E-state index is -0.0244. The molecule has 2 rings (SSSR count). The second-order valence-corrected chi connectivity index (χ2v) is 5.61. The number of nitrogens with one attached hydrogen (secondary N) is 2. The third-order valence-electron chi connectivity index (χ3n) is 3.36. The van der Waals surface area contributed by atoms with Crippen molar-refractivity contribution in [2.24, 2.45) is 0 Å². The zero-order valence-electron chi connectivity index (χ0n) is 10.6. The van der Waals surface area contributed by atoms with Crippen LogP contribution >= 0.6 is 15.9 Å². The van der Waals surface area contributed by atoms with E-state index in [-0.39, 0.29) is 18.0 Å². The van der Waals surface area contributed by atoms with Gasteiger partial charge in [-0.05, 0) is 37.9 Å². The van der Waals surface area contributed by atoms with Crippen molar-refractivity contribution in [3.05, 3.63) is 34.3 Å². The Hall–Kier alpha value is -0.870. The van der Waals surface area contributed by atoms with Crippen LogP contribution in [0.3, 0.4) is 0 Å². The first kappa shape index (κ1) is 13.6. The highest BCUT2D eigenvalue weighted by Crippen LogP contribution is 2.23. The molecule has 1 aromatic rings. The van der Waals surface area contributed by atoms with Gasteiger partial charge >= 0.3 is 0 Å². The third-order valence-corrected chi connectivity index (χ3v) is 4.08. The molecule has 98 valence electrons. The van der Waals surface area contributed by atoms with E-state index in [2.05, 4.69) is 26.6 Å². The van der Waals surface area contributed by atoms with Gasteiger partial charge in [-0.1, -0.05) is 40.5 Å². The zero-order chi connectivity index (χ0) is 13.0. The summed E-state index contributed by atoms with van der Waals surface area (Å²) in [5.41, 5.74) is 1.11. The summed E-state index contributed by atoms with van der Waals surface area (Å²) < 4.78 is 1.04. The maximum Gasteiger partial charge on any atom is 0.237 e. The van der Waals surface area contributed by atoms with Crippen LogP contribution in [-0.2, 0) is 4.79 Å². The molecule has 1 aliphatic heterocycles. The van der Waals surface area contributed by atoms with Crippen LogP contribution < -0.4 is 10.6 Å². The van der Waals surface area contributed by atoms with Gasteiger partial charge in [0.1, 0.15) is 0 Å². The molecule has 1 aliphatic rings. The van der Waals surface area contributed by atoms with Gasteiger partial charge in [-0.3, -0.25) is 4.79 Å². The SMILES string of the molecule is C[C@@H](NC(=O)[C@@H]1CCCCN1)c1ccccc1Br. The Morgan fingerprint density at radius 1 is 1.44 bits per heavy atom. The first-order valence-corrected chi connectivity index (χ1v) is 7.26. The average Bonchev–Trinajstić information content (AvgIpc) is 2.40. The Balaban J connectivity index is 1.96. The monoisotopic (exact) mass is 310 g/mol. The van der Waals surface area contributed by atoms with Crippen molar-refractivity contribution in [3.63, 3.8) is 0 Å². The van der Waals surface area contributed by atoms with E-state index in [9.17, 15) is 4.79 Å². The normalized spacial score (nSPS) is 21.3. The van der Waals surface area contributed by atoms with Gasteiger partial charge in [-0.25, -0.2) is 0 Å². The molecule has 1 heterocycles. The lowest BCUT2D eigenvalue weighted by atomic mass is 10.0. The minimum absolute atomic E-state index is 0.0244. The molecule has 0 unspecified atom stereocenters. The summed E-state index contributed by atoms with van der Waals surface area (Å²) in [6.45, 7) is 2.96. The van der Waals surface area contributed by atoms with E-state index < -0.39 is 0 Å². The lowest BCUT2D eigenvalue weighted by molar-refractivity contribution is -0.124. The van der Waals surface area contributed by atoms with E-state index >= 15 is 0 Å². The Bertz CT molecular complexity index is 416. The van der Waals surface area contributed by atoms with E-state index in [0.717, 1.165) is 29.4 Å². The number of piperidine rings is 1. The molecule has 2 N–H and O–H groups in total. The quantitative estimate of drug-likeness (QED) is 0.901. The van der Waals surface area contributed by atoms with Crippen molar-refractivity contribution in [3.8, 4) is 0 Å². The molecular weight excluding hydrogens is 292 g/mol. The molecule has 1 saturated heterocycles. The topological polar surface area (TPSA) is 41.1 Å². The van der Waals surface area contributed by atoms with E-state index in [1.807, 2.05) is 31.2 Å². The summed E-state index contributed by atoms with van der Waals surface area (Å²) in [5.74, 6) is 0.109. The van der Waals surface area contributed by atoms with Crippen LogP contribution in [0.5, 0.6) is 0 Å². The van der Waals surface area contributed by atoms with Crippen LogP contribution in [0.2, 0.25) is 0 Å². The van der Waals surface area contributed by atoms with Gasteiger partial charge in [-0.15, -0.1) is 0 Å². The van der Waals surface area contributed by atoms with Crippen molar-refractivity contribution in [1.29, 1.82) is 0 Å². The first-order valence-electron chi connectivity index (χ1n) is 6.46. The smallest absolute Gasteiger partial charge is 0.237 e. The standard InChI is InChI=1S/C14H19BrN2O/c1-10(11-6-2-3-7-12(11)15)17-14(18)13-8-4-5-9-16-13/h2-3,6-7,10,13,16H,4-5,8-9H2,1H3,(H,17,18)/t10-,13+/m1/s1. The Morgan fingerprint density at radius 2 is 2.22 bits per heavy atom. The number of hydrogen-bond donors (Lipinski definition) is 2. The molecule has 1 fully saturated rings. The molecule has 4 heteroatoms. The second-order valence-electron chi connectivity index (χ2n) is 4.75. The van der Waals surface area contributed by atoms with E-state index in [1.165, 1.54) is 6.42 Å². The number of amides is 1. The van der Waals surface area contributed by atoms with Crippen LogP contribution in [0.1, 0.15) is 37.8 Å². The number of carbonyl (C=O) groups excluding carboxylic acids is 1. The van der Waals surface area contributed by atoms with Crippen molar-refractivity contribution < 1.29 is 4.79 Å². The molecule has 0 spiro atoms. The van der Waals surface area contributed by atoms with Gasteiger partial charge in [0.15, 0.2) is 0 Å². The van der Waals surface area contributed by atoms with Crippen LogP contribution in [0.4, 0.5) is 0 Å². The fraction of sp³-hybridized carbons (Fsp3) is 0.500. The van der Waals surface area contributed by atoms with Gasteiger partial charge in [0.25, 0.3) is 0 Å².